The molecule has 1 saturated carbocycles. The Hall–Kier alpha value is -0.240. The van der Waals surface area contributed by atoms with Gasteiger partial charge < -0.3 is 5.32 Å². The summed E-state index contributed by atoms with van der Waals surface area (Å²) in [7, 11) is 0. The number of benzene rings is 1. The predicted octanol–water partition coefficient (Wildman–Crippen LogP) is 5.27. The fraction of sp³-hybridized carbons (Fsp3) is 0.625. The normalized spacial score (nSPS) is 23.8. The molecule has 1 nitrogen and oxygen atoms in total. The monoisotopic (exact) mass is 299 g/mol. The second-order valence-corrected chi connectivity index (χ2v) is 6.72. The first-order valence-corrected chi connectivity index (χ1v) is 8.02. The Morgan fingerprint density at radius 1 is 1.21 bits per heavy atom. The average molecular weight is 300 g/mol. The Morgan fingerprint density at radius 3 is 2.68 bits per heavy atom. The third-order valence-electron chi connectivity index (χ3n) is 4.05. The molecule has 1 aliphatic rings. The lowest BCUT2D eigenvalue weighted by Gasteiger charge is -2.33. The third-order valence-corrected chi connectivity index (χ3v) is 4.63. The van der Waals surface area contributed by atoms with Gasteiger partial charge in [-0.2, -0.15) is 0 Å². The first kappa shape index (κ1) is 15.2. The SMILES string of the molecule is CC(C)NCC1CCCCC1c1cc(Cl)ccc1Cl. The van der Waals surface area contributed by atoms with Crippen LogP contribution in [0.4, 0.5) is 0 Å². The molecule has 0 spiro atoms. The van der Waals surface area contributed by atoms with Crippen molar-refractivity contribution in [3.8, 4) is 0 Å². The van der Waals surface area contributed by atoms with Crippen LogP contribution in [0.2, 0.25) is 10.0 Å². The highest BCUT2D eigenvalue weighted by atomic mass is 35.5. The van der Waals surface area contributed by atoms with Gasteiger partial charge in [0.1, 0.15) is 0 Å². The minimum absolute atomic E-state index is 0.539. The minimum Gasteiger partial charge on any atom is -0.314 e. The lowest BCUT2D eigenvalue weighted by molar-refractivity contribution is 0.289. The van der Waals surface area contributed by atoms with Crippen LogP contribution in [0.15, 0.2) is 18.2 Å². The highest BCUT2D eigenvalue weighted by Gasteiger charge is 2.28. The van der Waals surface area contributed by atoms with E-state index in [0.717, 1.165) is 16.6 Å². The fourth-order valence-electron chi connectivity index (χ4n) is 3.05. The number of hydrogen-bond donors (Lipinski definition) is 1. The maximum Gasteiger partial charge on any atom is 0.0441 e. The molecule has 0 saturated heterocycles. The summed E-state index contributed by atoms with van der Waals surface area (Å²) in [5, 5.41) is 5.23. The Bertz CT molecular complexity index is 417. The largest absolute Gasteiger partial charge is 0.314 e. The van der Waals surface area contributed by atoms with E-state index < -0.39 is 0 Å². The topological polar surface area (TPSA) is 12.0 Å². The van der Waals surface area contributed by atoms with Gasteiger partial charge in [0.2, 0.25) is 0 Å². The van der Waals surface area contributed by atoms with E-state index in [-0.39, 0.29) is 0 Å². The van der Waals surface area contributed by atoms with E-state index in [0.29, 0.717) is 17.9 Å². The zero-order valence-corrected chi connectivity index (χ0v) is 13.3. The van der Waals surface area contributed by atoms with E-state index >= 15 is 0 Å². The van der Waals surface area contributed by atoms with E-state index in [2.05, 4.69) is 25.2 Å². The molecule has 1 aromatic rings. The summed E-state index contributed by atoms with van der Waals surface area (Å²) in [6.45, 7) is 5.47. The van der Waals surface area contributed by atoms with E-state index in [4.69, 9.17) is 23.2 Å². The van der Waals surface area contributed by atoms with Crippen LogP contribution >= 0.6 is 23.2 Å². The van der Waals surface area contributed by atoms with Crippen molar-refractivity contribution in [2.75, 3.05) is 6.54 Å². The molecule has 2 rings (SSSR count). The van der Waals surface area contributed by atoms with Crippen LogP contribution in [0.3, 0.4) is 0 Å². The molecule has 1 aromatic carbocycles. The van der Waals surface area contributed by atoms with E-state index in [9.17, 15) is 0 Å². The Balaban J connectivity index is 2.16. The second-order valence-electron chi connectivity index (χ2n) is 5.88. The summed E-state index contributed by atoms with van der Waals surface area (Å²) < 4.78 is 0. The van der Waals surface area contributed by atoms with Crippen molar-refractivity contribution >= 4 is 23.2 Å². The van der Waals surface area contributed by atoms with Gasteiger partial charge in [0, 0.05) is 16.1 Å². The average Bonchev–Trinajstić information content (AvgIpc) is 2.39. The van der Waals surface area contributed by atoms with E-state index in [1.165, 1.54) is 31.2 Å². The summed E-state index contributed by atoms with van der Waals surface area (Å²) in [5.41, 5.74) is 1.24. The van der Waals surface area contributed by atoms with Crippen LogP contribution in [0.1, 0.15) is 51.0 Å². The van der Waals surface area contributed by atoms with Gasteiger partial charge in [-0.1, -0.05) is 49.9 Å². The van der Waals surface area contributed by atoms with Crippen molar-refractivity contribution in [1.82, 2.24) is 5.32 Å². The highest BCUT2D eigenvalue weighted by Crippen LogP contribution is 2.41. The van der Waals surface area contributed by atoms with E-state index in [1.54, 1.807) is 0 Å². The van der Waals surface area contributed by atoms with Gasteiger partial charge in [-0.05, 0) is 55.0 Å². The summed E-state index contributed by atoms with van der Waals surface area (Å²) in [5.74, 6) is 1.22. The first-order chi connectivity index (χ1) is 9.08. The Morgan fingerprint density at radius 2 is 1.95 bits per heavy atom. The van der Waals surface area contributed by atoms with Gasteiger partial charge >= 0.3 is 0 Å². The maximum atomic E-state index is 6.38. The molecule has 0 amide bonds. The maximum absolute atomic E-state index is 6.38. The number of rotatable bonds is 4. The third kappa shape index (κ3) is 4.11. The van der Waals surface area contributed by atoms with Gasteiger partial charge in [-0.25, -0.2) is 0 Å². The molecular formula is C16H23Cl2N. The molecule has 1 N–H and O–H groups in total. The molecule has 0 heterocycles. The van der Waals surface area contributed by atoms with E-state index in [1.807, 2.05) is 12.1 Å². The Labute approximate surface area is 126 Å². The molecule has 19 heavy (non-hydrogen) atoms. The number of halogens is 2. The van der Waals surface area contributed by atoms with Gasteiger partial charge in [-0.15, -0.1) is 0 Å². The molecule has 1 fully saturated rings. The van der Waals surface area contributed by atoms with Crippen LogP contribution in [0.25, 0.3) is 0 Å². The molecule has 0 aliphatic heterocycles. The minimum atomic E-state index is 0.539. The summed E-state index contributed by atoms with van der Waals surface area (Å²) in [4.78, 5) is 0. The molecule has 1 aliphatic carbocycles. The number of hydrogen-bond acceptors (Lipinski definition) is 1. The van der Waals surface area contributed by atoms with Gasteiger partial charge in [0.05, 0.1) is 0 Å². The molecule has 106 valence electrons. The van der Waals surface area contributed by atoms with Gasteiger partial charge in [-0.3, -0.25) is 0 Å². The first-order valence-electron chi connectivity index (χ1n) is 7.26. The zero-order valence-electron chi connectivity index (χ0n) is 11.8. The lowest BCUT2D eigenvalue weighted by Crippen LogP contribution is -2.33. The molecule has 2 atom stereocenters. The standard InChI is InChI=1S/C16H23Cl2N/c1-11(2)19-10-12-5-3-4-6-14(12)15-9-13(17)7-8-16(15)18/h7-9,11-12,14,19H,3-6,10H2,1-2H3. The Kier molecular flexibility index (Phi) is 5.56. The number of nitrogens with one attached hydrogen (secondary N) is 1. The molecule has 0 bridgehead atoms. The zero-order chi connectivity index (χ0) is 13.8. The van der Waals surface area contributed by atoms with Gasteiger partial charge in [0.25, 0.3) is 0 Å². The van der Waals surface area contributed by atoms with Crippen molar-refractivity contribution < 1.29 is 0 Å². The fourth-order valence-corrected chi connectivity index (χ4v) is 3.49. The smallest absolute Gasteiger partial charge is 0.0441 e. The van der Waals surface area contributed by atoms with Crippen molar-refractivity contribution in [3.05, 3.63) is 33.8 Å². The summed E-state index contributed by atoms with van der Waals surface area (Å²) >= 11 is 12.5. The van der Waals surface area contributed by atoms with Crippen molar-refractivity contribution in [2.24, 2.45) is 5.92 Å². The molecule has 3 heteroatoms. The molecule has 0 aromatic heterocycles. The van der Waals surface area contributed by atoms with Crippen LogP contribution < -0.4 is 5.32 Å². The molecule has 2 unspecified atom stereocenters. The summed E-state index contributed by atoms with van der Waals surface area (Å²) in [6.07, 6.45) is 5.14. The lowest BCUT2D eigenvalue weighted by atomic mass is 9.75. The van der Waals surface area contributed by atoms with Gasteiger partial charge in [0.15, 0.2) is 0 Å². The van der Waals surface area contributed by atoms with Crippen LogP contribution in [-0.2, 0) is 0 Å². The van der Waals surface area contributed by atoms with Crippen LogP contribution in [-0.4, -0.2) is 12.6 Å². The molecule has 0 radical (unpaired) electrons. The van der Waals surface area contributed by atoms with Crippen molar-refractivity contribution in [1.29, 1.82) is 0 Å². The van der Waals surface area contributed by atoms with Crippen LogP contribution in [0.5, 0.6) is 0 Å². The predicted molar refractivity (Wildman–Crippen MR) is 84.3 cm³/mol. The van der Waals surface area contributed by atoms with Crippen LogP contribution in [0, 0.1) is 5.92 Å². The summed E-state index contributed by atoms with van der Waals surface area (Å²) in [6, 6.07) is 6.40. The molecular weight excluding hydrogens is 277 g/mol. The second kappa shape index (κ2) is 6.97. The quantitative estimate of drug-likeness (QED) is 0.799. The van der Waals surface area contributed by atoms with Crippen molar-refractivity contribution in [3.63, 3.8) is 0 Å². The van der Waals surface area contributed by atoms with Crippen molar-refractivity contribution in [2.45, 2.75) is 51.5 Å². The highest BCUT2D eigenvalue weighted by molar-refractivity contribution is 6.33.